The summed E-state index contributed by atoms with van der Waals surface area (Å²) in [5, 5.41) is 3.47. The summed E-state index contributed by atoms with van der Waals surface area (Å²) in [5.74, 6) is 0.307. The second-order valence-electron chi connectivity index (χ2n) is 4.67. The normalized spacial score (nSPS) is 21.8. The van der Waals surface area contributed by atoms with Gasteiger partial charge in [-0.3, -0.25) is 0 Å². The first kappa shape index (κ1) is 13.9. The van der Waals surface area contributed by atoms with Crippen molar-refractivity contribution in [2.75, 3.05) is 38.2 Å². The molecular formula is C11H24N2O2S. The van der Waals surface area contributed by atoms with Crippen molar-refractivity contribution in [3.63, 3.8) is 0 Å². The van der Waals surface area contributed by atoms with Crippen molar-refractivity contribution in [1.29, 1.82) is 0 Å². The maximum Gasteiger partial charge on any atom is 0.147 e. The van der Waals surface area contributed by atoms with E-state index in [1.807, 2.05) is 0 Å². The largest absolute Gasteiger partial charge is 0.313 e. The Kier molecular flexibility index (Phi) is 5.72. The van der Waals surface area contributed by atoms with Crippen LogP contribution in [0.1, 0.15) is 26.2 Å². The zero-order valence-corrected chi connectivity index (χ0v) is 11.2. The molecular weight excluding hydrogens is 224 g/mol. The van der Waals surface area contributed by atoms with E-state index in [9.17, 15) is 8.42 Å². The van der Waals surface area contributed by atoms with Crippen LogP contribution in [0.15, 0.2) is 0 Å². The second-order valence-corrected chi connectivity index (χ2v) is 6.93. The first-order valence-electron chi connectivity index (χ1n) is 6.14. The smallest absolute Gasteiger partial charge is 0.147 e. The number of sulfone groups is 1. The van der Waals surface area contributed by atoms with Crippen molar-refractivity contribution < 1.29 is 8.42 Å². The van der Waals surface area contributed by atoms with Crippen LogP contribution in [0, 0.1) is 0 Å². The predicted octanol–water partition coefficient (Wildman–Crippen LogP) is 0.495. The average Bonchev–Trinajstić information content (AvgIpc) is 2.67. The number of hydrogen-bond donors (Lipinski definition) is 1. The molecule has 1 unspecified atom stereocenters. The van der Waals surface area contributed by atoms with Gasteiger partial charge in [0.2, 0.25) is 0 Å². The average molecular weight is 248 g/mol. The fourth-order valence-corrected chi connectivity index (χ4v) is 2.81. The fraction of sp³-hybridized carbons (Fsp3) is 1.00. The predicted molar refractivity (Wildman–Crippen MR) is 67.5 cm³/mol. The molecule has 0 aromatic heterocycles. The standard InChI is InChI=1S/C11H24N2O2S/c1-3-13(8-5-9-16(2,14)15)10-11-6-4-7-12-11/h11-12H,3-10H2,1-2H3. The molecule has 1 fully saturated rings. The quantitative estimate of drug-likeness (QED) is 0.712. The van der Waals surface area contributed by atoms with Crippen LogP contribution in [-0.4, -0.2) is 57.5 Å². The van der Waals surface area contributed by atoms with Crippen molar-refractivity contribution in [3.8, 4) is 0 Å². The van der Waals surface area contributed by atoms with Gasteiger partial charge < -0.3 is 10.2 Å². The molecule has 1 aliphatic rings. The molecule has 1 saturated heterocycles. The Morgan fingerprint density at radius 3 is 2.69 bits per heavy atom. The van der Waals surface area contributed by atoms with Crippen LogP contribution in [0.25, 0.3) is 0 Å². The fourth-order valence-electron chi connectivity index (χ4n) is 2.15. The van der Waals surface area contributed by atoms with E-state index >= 15 is 0 Å². The van der Waals surface area contributed by atoms with Crippen LogP contribution in [-0.2, 0) is 9.84 Å². The van der Waals surface area contributed by atoms with Crippen molar-refractivity contribution in [3.05, 3.63) is 0 Å². The second kappa shape index (κ2) is 6.57. The molecule has 5 heteroatoms. The minimum Gasteiger partial charge on any atom is -0.313 e. The molecule has 1 atom stereocenters. The van der Waals surface area contributed by atoms with Crippen molar-refractivity contribution in [2.45, 2.75) is 32.2 Å². The topological polar surface area (TPSA) is 49.4 Å². The molecule has 4 nitrogen and oxygen atoms in total. The highest BCUT2D eigenvalue weighted by atomic mass is 32.2. The third-order valence-electron chi connectivity index (χ3n) is 3.08. The summed E-state index contributed by atoms with van der Waals surface area (Å²) in [5.41, 5.74) is 0. The zero-order chi connectivity index (χ0) is 12.0. The lowest BCUT2D eigenvalue weighted by atomic mass is 10.2. The van der Waals surface area contributed by atoms with Crippen LogP contribution < -0.4 is 5.32 Å². The lowest BCUT2D eigenvalue weighted by Crippen LogP contribution is -2.38. The van der Waals surface area contributed by atoms with Crippen LogP contribution in [0.4, 0.5) is 0 Å². The molecule has 0 aliphatic carbocycles. The van der Waals surface area contributed by atoms with E-state index in [-0.39, 0.29) is 0 Å². The summed E-state index contributed by atoms with van der Waals surface area (Å²) in [6, 6.07) is 0.609. The van der Waals surface area contributed by atoms with Gasteiger partial charge in [0, 0.05) is 18.8 Å². The van der Waals surface area contributed by atoms with Crippen molar-refractivity contribution in [2.24, 2.45) is 0 Å². The Hall–Kier alpha value is -0.130. The Bertz CT molecular complexity index is 284. The maximum atomic E-state index is 11.0. The summed E-state index contributed by atoms with van der Waals surface area (Å²) in [6.07, 6.45) is 4.58. The maximum absolute atomic E-state index is 11.0. The highest BCUT2D eigenvalue weighted by Crippen LogP contribution is 2.07. The van der Waals surface area contributed by atoms with Gasteiger partial charge >= 0.3 is 0 Å². The molecule has 1 rings (SSSR count). The van der Waals surface area contributed by atoms with E-state index in [1.54, 1.807) is 0 Å². The summed E-state index contributed by atoms with van der Waals surface area (Å²) >= 11 is 0. The Balaban J connectivity index is 2.20. The molecule has 0 aromatic rings. The van der Waals surface area contributed by atoms with Gasteiger partial charge in [0.25, 0.3) is 0 Å². The molecule has 0 bridgehead atoms. The van der Waals surface area contributed by atoms with Crippen LogP contribution in [0.5, 0.6) is 0 Å². The monoisotopic (exact) mass is 248 g/mol. The third kappa shape index (κ3) is 5.82. The van der Waals surface area contributed by atoms with Gasteiger partial charge in [0.1, 0.15) is 9.84 Å². The van der Waals surface area contributed by atoms with Crippen LogP contribution in [0.2, 0.25) is 0 Å². The van der Waals surface area contributed by atoms with Gasteiger partial charge in [-0.15, -0.1) is 0 Å². The molecule has 0 radical (unpaired) electrons. The van der Waals surface area contributed by atoms with Gasteiger partial charge in [-0.25, -0.2) is 8.42 Å². The van der Waals surface area contributed by atoms with Gasteiger partial charge in [0.05, 0.1) is 5.75 Å². The Morgan fingerprint density at radius 1 is 1.44 bits per heavy atom. The van der Waals surface area contributed by atoms with Crippen LogP contribution in [0.3, 0.4) is 0 Å². The molecule has 0 amide bonds. The number of hydrogen-bond acceptors (Lipinski definition) is 4. The summed E-state index contributed by atoms with van der Waals surface area (Å²) in [6.45, 7) is 6.21. The number of likely N-dealkylation sites (N-methyl/N-ethyl adjacent to an activating group) is 1. The zero-order valence-electron chi connectivity index (χ0n) is 10.4. The van der Waals surface area contributed by atoms with E-state index in [2.05, 4.69) is 17.1 Å². The first-order chi connectivity index (χ1) is 7.51. The summed E-state index contributed by atoms with van der Waals surface area (Å²) in [7, 11) is -2.80. The van der Waals surface area contributed by atoms with E-state index in [0.717, 1.165) is 32.6 Å². The molecule has 1 heterocycles. The summed E-state index contributed by atoms with van der Waals surface area (Å²) in [4.78, 5) is 2.34. The lowest BCUT2D eigenvalue weighted by molar-refractivity contribution is 0.262. The van der Waals surface area contributed by atoms with Gasteiger partial charge in [0.15, 0.2) is 0 Å². The Morgan fingerprint density at radius 2 is 2.19 bits per heavy atom. The molecule has 16 heavy (non-hydrogen) atoms. The SMILES string of the molecule is CCN(CCCS(C)(=O)=O)CC1CCCN1. The number of nitrogens with one attached hydrogen (secondary N) is 1. The highest BCUT2D eigenvalue weighted by Gasteiger charge is 2.16. The number of nitrogens with zero attached hydrogens (tertiary/aromatic N) is 1. The molecule has 96 valence electrons. The molecule has 1 aliphatic heterocycles. The van der Waals surface area contributed by atoms with Gasteiger partial charge in [-0.1, -0.05) is 6.92 Å². The van der Waals surface area contributed by atoms with E-state index < -0.39 is 9.84 Å². The third-order valence-corrected chi connectivity index (χ3v) is 4.11. The van der Waals surface area contributed by atoms with Crippen molar-refractivity contribution >= 4 is 9.84 Å². The molecule has 0 spiro atoms. The van der Waals surface area contributed by atoms with E-state index in [1.165, 1.54) is 19.1 Å². The van der Waals surface area contributed by atoms with Crippen LogP contribution >= 0.6 is 0 Å². The number of rotatable bonds is 7. The van der Waals surface area contributed by atoms with Crippen molar-refractivity contribution in [1.82, 2.24) is 10.2 Å². The lowest BCUT2D eigenvalue weighted by Gasteiger charge is -2.23. The van der Waals surface area contributed by atoms with E-state index in [0.29, 0.717) is 11.8 Å². The highest BCUT2D eigenvalue weighted by molar-refractivity contribution is 7.90. The Labute approximate surface area is 99.3 Å². The molecule has 0 aromatic carbocycles. The van der Waals surface area contributed by atoms with Gasteiger partial charge in [-0.2, -0.15) is 0 Å². The molecule has 1 N–H and O–H groups in total. The minimum atomic E-state index is -2.80. The summed E-state index contributed by atoms with van der Waals surface area (Å²) < 4.78 is 22.0. The molecule has 0 saturated carbocycles. The van der Waals surface area contributed by atoms with Gasteiger partial charge in [-0.05, 0) is 38.9 Å². The van der Waals surface area contributed by atoms with E-state index in [4.69, 9.17) is 0 Å². The minimum absolute atomic E-state index is 0.307. The first-order valence-corrected chi connectivity index (χ1v) is 8.21.